The van der Waals surface area contributed by atoms with Crippen molar-refractivity contribution in [2.75, 3.05) is 19.1 Å². The van der Waals surface area contributed by atoms with Crippen LogP contribution in [0.4, 0.5) is 11.6 Å². The zero-order valence-electron chi connectivity index (χ0n) is 16.2. The second kappa shape index (κ2) is 7.59. The fourth-order valence-electron chi connectivity index (χ4n) is 3.15. The number of primary amides is 1. The van der Waals surface area contributed by atoms with Gasteiger partial charge in [-0.2, -0.15) is 0 Å². The van der Waals surface area contributed by atoms with E-state index in [9.17, 15) is 9.59 Å². The summed E-state index contributed by atoms with van der Waals surface area (Å²) in [6.45, 7) is 0. The van der Waals surface area contributed by atoms with Crippen molar-refractivity contribution in [3.63, 3.8) is 0 Å². The summed E-state index contributed by atoms with van der Waals surface area (Å²) >= 11 is 0. The molecule has 2 aromatic heterocycles. The molecule has 0 saturated heterocycles. The van der Waals surface area contributed by atoms with Gasteiger partial charge in [-0.1, -0.05) is 18.2 Å². The van der Waals surface area contributed by atoms with Crippen LogP contribution in [0.5, 0.6) is 11.5 Å². The predicted molar refractivity (Wildman–Crippen MR) is 109 cm³/mol. The van der Waals surface area contributed by atoms with E-state index in [0.29, 0.717) is 22.7 Å². The number of rotatable bonds is 6. The Balaban J connectivity index is 1.98. The fraction of sp³-hybridized carbons (Fsp3) is 0.100. The van der Waals surface area contributed by atoms with Crippen molar-refractivity contribution in [3.05, 3.63) is 60.2 Å². The summed E-state index contributed by atoms with van der Waals surface area (Å²) in [5.74, 6) is -0.541. The minimum Gasteiger partial charge on any atom is -0.494 e. The van der Waals surface area contributed by atoms with Crippen LogP contribution in [0.3, 0.4) is 0 Å². The molecule has 2 heterocycles. The summed E-state index contributed by atoms with van der Waals surface area (Å²) in [7, 11) is 2.95. The number of para-hydroxylation sites is 3. The van der Waals surface area contributed by atoms with Crippen molar-refractivity contribution >= 4 is 34.5 Å². The Hall–Kier alpha value is -4.34. The van der Waals surface area contributed by atoms with Crippen molar-refractivity contribution in [1.82, 2.24) is 19.9 Å². The smallest absolute Gasteiger partial charge is 0.286 e. The maximum absolute atomic E-state index is 13.6. The number of ether oxygens (including phenoxy) is 2. The molecule has 4 aromatic rings. The summed E-state index contributed by atoms with van der Waals surface area (Å²) < 4.78 is 10.9. The Bertz CT molecular complexity index is 1190. The Morgan fingerprint density at radius 3 is 2.37 bits per heavy atom. The van der Waals surface area contributed by atoms with Crippen LogP contribution in [0.15, 0.2) is 48.8 Å². The standard InChI is InChI=1S/C20H18N6O4/c1-29-13-8-5-9-14(30-2)17(13)26(19(28)16-15(18(21)27)22-10-23-16)20-24-11-6-3-4-7-12(11)25-20/h3-10H,1-2H3,(H2,21,27)(H,22,23)(H,24,25). The normalized spacial score (nSPS) is 10.7. The average Bonchev–Trinajstić information content (AvgIpc) is 3.41. The summed E-state index contributed by atoms with van der Waals surface area (Å²) in [4.78, 5) is 40.9. The molecule has 2 amide bonds. The molecule has 10 heteroatoms. The first-order chi connectivity index (χ1) is 14.5. The second-order valence-electron chi connectivity index (χ2n) is 6.22. The maximum Gasteiger partial charge on any atom is 0.286 e. The van der Waals surface area contributed by atoms with E-state index in [1.807, 2.05) is 18.2 Å². The zero-order chi connectivity index (χ0) is 21.3. The average molecular weight is 406 g/mol. The number of aromatic amines is 2. The Labute approximate surface area is 170 Å². The highest BCUT2D eigenvalue weighted by Gasteiger charge is 2.32. The zero-order valence-corrected chi connectivity index (χ0v) is 16.2. The molecule has 2 aromatic carbocycles. The number of methoxy groups -OCH3 is 2. The molecule has 4 N–H and O–H groups in total. The fourth-order valence-corrected chi connectivity index (χ4v) is 3.15. The van der Waals surface area contributed by atoms with Crippen LogP contribution in [0.1, 0.15) is 21.0 Å². The number of carbonyl (C=O) groups excluding carboxylic acids is 2. The van der Waals surface area contributed by atoms with Crippen molar-refractivity contribution < 1.29 is 19.1 Å². The first kappa shape index (κ1) is 19.0. The van der Waals surface area contributed by atoms with Crippen LogP contribution in [0.25, 0.3) is 11.0 Å². The van der Waals surface area contributed by atoms with Crippen LogP contribution in [-0.2, 0) is 0 Å². The van der Waals surface area contributed by atoms with Gasteiger partial charge in [0, 0.05) is 0 Å². The quantitative estimate of drug-likeness (QED) is 0.449. The predicted octanol–water partition coefficient (Wildman–Crippen LogP) is 2.38. The summed E-state index contributed by atoms with van der Waals surface area (Å²) in [6.07, 6.45) is 1.23. The van der Waals surface area contributed by atoms with E-state index in [0.717, 1.165) is 5.52 Å². The van der Waals surface area contributed by atoms with E-state index in [1.54, 1.807) is 24.3 Å². The number of hydrogen-bond donors (Lipinski definition) is 3. The number of nitrogens with two attached hydrogens (primary N) is 1. The maximum atomic E-state index is 13.6. The minimum atomic E-state index is -0.813. The summed E-state index contributed by atoms with van der Waals surface area (Å²) in [6, 6.07) is 12.4. The van der Waals surface area contributed by atoms with E-state index >= 15 is 0 Å². The molecule has 0 bridgehead atoms. The molecular formula is C20H18N6O4. The molecule has 4 rings (SSSR count). The van der Waals surface area contributed by atoms with Crippen molar-refractivity contribution in [2.45, 2.75) is 0 Å². The molecule has 0 aliphatic heterocycles. The SMILES string of the molecule is COc1cccc(OC)c1N(C(=O)c1nc[nH]c1C(N)=O)c1nc2ccccc2[nH]1. The molecule has 30 heavy (non-hydrogen) atoms. The van der Waals surface area contributed by atoms with Crippen molar-refractivity contribution in [2.24, 2.45) is 5.73 Å². The van der Waals surface area contributed by atoms with Gasteiger partial charge in [0.2, 0.25) is 5.95 Å². The van der Waals surface area contributed by atoms with Gasteiger partial charge >= 0.3 is 0 Å². The van der Waals surface area contributed by atoms with E-state index in [4.69, 9.17) is 15.2 Å². The lowest BCUT2D eigenvalue weighted by atomic mass is 10.2. The molecule has 10 nitrogen and oxygen atoms in total. The van der Waals surface area contributed by atoms with E-state index in [2.05, 4.69) is 19.9 Å². The van der Waals surface area contributed by atoms with E-state index in [-0.39, 0.29) is 17.3 Å². The van der Waals surface area contributed by atoms with Crippen LogP contribution in [-0.4, -0.2) is 46.0 Å². The highest BCUT2D eigenvalue weighted by Crippen LogP contribution is 2.41. The molecule has 0 atom stereocenters. The molecule has 0 radical (unpaired) electrons. The third kappa shape index (κ3) is 3.09. The third-order valence-corrected chi connectivity index (χ3v) is 4.51. The number of amides is 2. The van der Waals surface area contributed by atoms with Crippen molar-refractivity contribution in [1.29, 1.82) is 0 Å². The lowest BCUT2D eigenvalue weighted by Gasteiger charge is -2.23. The van der Waals surface area contributed by atoms with E-state index < -0.39 is 11.8 Å². The molecule has 152 valence electrons. The van der Waals surface area contributed by atoms with Gasteiger partial charge in [0.1, 0.15) is 22.9 Å². The number of fused-ring (bicyclic) bond motifs is 1. The Kier molecular flexibility index (Phi) is 4.80. The first-order valence-corrected chi connectivity index (χ1v) is 8.88. The lowest BCUT2D eigenvalue weighted by Crippen LogP contribution is -2.30. The van der Waals surface area contributed by atoms with Crippen molar-refractivity contribution in [3.8, 4) is 11.5 Å². The number of imidazole rings is 2. The van der Waals surface area contributed by atoms with Crippen LogP contribution < -0.4 is 20.1 Å². The Morgan fingerprint density at radius 1 is 1.03 bits per heavy atom. The minimum absolute atomic E-state index is 0.116. The van der Waals surface area contributed by atoms with Gasteiger partial charge in [-0.3, -0.25) is 9.59 Å². The highest BCUT2D eigenvalue weighted by atomic mass is 16.5. The highest BCUT2D eigenvalue weighted by molar-refractivity contribution is 6.15. The molecule has 0 saturated carbocycles. The number of nitrogens with one attached hydrogen (secondary N) is 2. The topological polar surface area (TPSA) is 139 Å². The number of carbonyl (C=O) groups is 2. The number of anilines is 2. The molecule has 0 unspecified atom stereocenters. The molecule has 0 aliphatic rings. The second-order valence-corrected chi connectivity index (χ2v) is 6.22. The summed E-state index contributed by atoms with van der Waals surface area (Å²) in [5, 5.41) is 0. The van der Waals surface area contributed by atoms with Gasteiger partial charge in [-0.05, 0) is 24.3 Å². The number of aromatic nitrogens is 4. The van der Waals surface area contributed by atoms with Gasteiger partial charge in [0.15, 0.2) is 5.69 Å². The Morgan fingerprint density at radius 2 is 1.73 bits per heavy atom. The molecule has 0 spiro atoms. The van der Waals surface area contributed by atoms with Gasteiger partial charge in [0.25, 0.3) is 11.8 Å². The number of hydrogen-bond acceptors (Lipinski definition) is 6. The largest absolute Gasteiger partial charge is 0.494 e. The van der Waals surface area contributed by atoms with Gasteiger partial charge < -0.3 is 25.2 Å². The number of H-pyrrole nitrogens is 2. The molecule has 0 aliphatic carbocycles. The number of benzene rings is 2. The lowest BCUT2D eigenvalue weighted by molar-refractivity contribution is 0.0961. The van der Waals surface area contributed by atoms with Crippen LogP contribution in [0.2, 0.25) is 0 Å². The van der Waals surface area contributed by atoms with Crippen LogP contribution >= 0.6 is 0 Å². The molecule has 0 fully saturated rings. The van der Waals surface area contributed by atoms with Gasteiger partial charge in [-0.15, -0.1) is 0 Å². The van der Waals surface area contributed by atoms with Gasteiger partial charge in [0.05, 0.1) is 31.6 Å². The third-order valence-electron chi connectivity index (χ3n) is 4.51. The molecular weight excluding hydrogens is 388 g/mol. The first-order valence-electron chi connectivity index (χ1n) is 8.88. The van der Waals surface area contributed by atoms with Gasteiger partial charge in [-0.25, -0.2) is 14.9 Å². The monoisotopic (exact) mass is 406 g/mol. The van der Waals surface area contributed by atoms with Crippen LogP contribution in [0, 0.1) is 0 Å². The van der Waals surface area contributed by atoms with E-state index in [1.165, 1.54) is 25.4 Å². The number of nitrogens with zero attached hydrogens (tertiary/aromatic N) is 3. The summed E-state index contributed by atoms with van der Waals surface area (Å²) in [5.41, 5.74) is 6.79.